The first-order valence-corrected chi connectivity index (χ1v) is 10.4. The number of hydrogen-bond donors (Lipinski definition) is 0. The maximum atomic E-state index is 13.0. The van der Waals surface area contributed by atoms with E-state index in [1.54, 1.807) is 20.1 Å². The van der Waals surface area contributed by atoms with Crippen LogP contribution in [0.3, 0.4) is 0 Å². The average Bonchev–Trinajstić information content (AvgIpc) is 2.65. The Hall–Kier alpha value is -1.47. The van der Waals surface area contributed by atoms with E-state index in [0.29, 0.717) is 36.8 Å². The number of hydrogen-bond acceptors (Lipinski definition) is 4. The van der Waals surface area contributed by atoms with Crippen molar-refractivity contribution in [2.75, 3.05) is 38.2 Å². The minimum atomic E-state index is -3.60. The van der Waals surface area contributed by atoms with Gasteiger partial charge in [-0.25, -0.2) is 8.42 Å². The lowest BCUT2D eigenvalue weighted by Crippen LogP contribution is -2.48. The van der Waals surface area contributed by atoms with Crippen molar-refractivity contribution >= 4 is 38.9 Å². The van der Waals surface area contributed by atoms with Gasteiger partial charge in [0, 0.05) is 31.9 Å². The first-order valence-electron chi connectivity index (χ1n) is 8.17. The summed E-state index contributed by atoms with van der Waals surface area (Å²) in [5.41, 5.74) is 1.64. The number of piperazine rings is 1. The second-order valence-electron chi connectivity index (χ2n) is 6.12. The van der Waals surface area contributed by atoms with E-state index in [9.17, 15) is 8.42 Å². The van der Waals surface area contributed by atoms with Gasteiger partial charge in [0.25, 0.3) is 0 Å². The summed E-state index contributed by atoms with van der Waals surface area (Å²) in [5.74, 6) is 0.796. The van der Waals surface area contributed by atoms with E-state index in [1.807, 2.05) is 24.3 Å². The fraction of sp³-hybridized carbons (Fsp3) is 0.333. The van der Waals surface area contributed by atoms with Gasteiger partial charge in [-0.2, -0.15) is 4.31 Å². The molecule has 0 N–H and O–H groups in total. The number of anilines is 1. The van der Waals surface area contributed by atoms with Gasteiger partial charge in [-0.05, 0) is 48.9 Å². The van der Waals surface area contributed by atoms with E-state index in [-0.39, 0.29) is 9.92 Å². The fourth-order valence-electron chi connectivity index (χ4n) is 3.02. The first-order chi connectivity index (χ1) is 12.3. The molecule has 0 aromatic heterocycles. The Labute approximate surface area is 164 Å². The molecule has 1 saturated heterocycles. The highest BCUT2D eigenvalue weighted by Crippen LogP contribution is 2.30. The van der Waals surface area contributed by atoms with Gasteiger partial charge in [0.05, 0.1) is 22.1 Å². The summed E-state index contributed by atoms with van der Waals surface area (Å²) in [6.07, 6.45) is 0. The summed E-state index contributed by atoms with van der Waals surface area (Å²) in [4.78, 5) is 2.37. The number of benzene rings is 2. The monoisotopic (exact) mass is 414 g/mol. The second kappa shape index (κ2) is 7.64. The number of halogens is 2. The fourth-order valence-corrected chi connectivity index (χ4v) is 5.13. The molecule has 8 heteroatoms. The van der Waals surface area contributed by atoms with Crippen molar-refractivity contribution in [3.63, 3.8) is 0 Å². The Bertz CT molecular complexity index is 893. The standard InChI is InChI=1S/C18H20Cl2N2O3S/c1-13-11-16(19)17(20)12-18(13)26(23,24)22-9-7-21(8-10-22)14-3-5-15(25-2)6-4-14/h3-6,11-12H,7-10H2,1-2H3. The number of nitrogens with zero attached hydrogens (tertiary/aromatic N) is 2. The van der Waals surface area contributed by atoms with Crippen LogP contribution in [0.2, 0.25) is 10.0 Å². The van der Waals surface area contributed by atoms with Crippen LogP contribution in [0.1, 0.15) is 5.56 Å². The quantitative estimate of drug-likeness (QED) is 0.762. The third-order valence-corrected chi connectivity index (χ3v) is 7.27. The molecule has 2 aromatic carbocycles. The van der Waals surface area contributed by atoms with Crippen LogP contribution in [-0.4, -0.2) is 46.0 Å². The molecule has 0 amide bonds. The molecular weight excluding hydrogens is 395 g/mol. The van der Waals surface area contributed by atoms with Crippen LogP contribution in [0.4, 0.5) is 5.69 Å². The molecule has 1 fully saturated rings. The van der Waals surface area contributed by atoms with Gasteiger partial charge < -0.3 is 9.64 Å². The number of sulfonamides is 1. The Kier molecular flexibility index (Phi) is 5.67. The van der Waals surface area contributed by atoms with Gasteiger partial charge in [0.15, 0.2) is 0 Å². The smallest absolute Gasteiger partial charge is 0.243 e. The number of aryl methyl sites for hydroxylation is 1. The molecular formula is C18H20Cl2N2O3S. The van der Waals surface area contributed by atoms with Crippen LogP contribution < -0.4 is 9.64 Å². The zero-order chi connectivity index (χ0) is 18.9. The van der Waals surface area contributed by atoms with Crippen molar-refractivity contribution in [1.82, 2.24) is 4.31 Å². The second-order valence-corrected chi connectivity index (χ2v) is 8.84. The summed E-state index contributed by atoms with van der Waals surface area (Å²) in [7, 11) is -1.98. The summed E-state index contributed by atoms with van der Waals surface area (Å²) in [6, 6.07) is 10.8. The molecule has 0 saturated carbocycles. The third kappa shape index (κ3) is 3.78. The predicted molar refractivity (Wildman–Crippen MR) is 105 cm³/mol. The lowest BCUT2D eigenvalue weighted by molar-refractivity contribution is 0.384. The van der Waals surface area contributed by atoms with Gasteiger partial charge in [-0.15, -0.1) is 0 Å². The maximum Gasteiger partial charge on any atom is 0.243 e. The third-order valence-electron chi connectivity index (χ3n) is 4.51. The van der Waals surface area contributed by atoms with Crippen LogP contribution in [-0.2, 0) is 10.0 Å². The number of ether oxygens (including phenoxy) is 1. The molecule has 1 aliphatic heterocycles. The van der Waals surface area contributed by atoms with E-state index in [1.165, 1.54) is 10.4 Å². The van der Waals surface area contributed by atoms with E-state index in [0.717, 1.165) is 11.4 Å². The average molecular weight is 415 g/mol. The Morgan fingerprint density at radius 2 is 1.54 bits per heavy atom. The summed E-state index contributed by atoms with van der Waals surface area (Å²) in [6.45, 7) is 3.78. The van der Waals surface area contributed by atoms with Crippen molar-refractivity contribution in [3.8, 4) is 5.75 Å². The summed E-state index contributed by atoms with van der Waals surface area (Å²) < 4.78 is 32.6. The normalized spacial score (nSPS) is 15.9. The van der Waals surface area contributed by atoms with Crippen molar-refractivity contribution < 1.29 is 13.2 Å². The highest BCUT2D eigenvalue weighted by Gasteiger charge is 2.30. The highest BCUT2D eigenvalue weighted by molar-refractivity contribution is 7.89. The van der Waals surface area contributed by atoms with Crippen LogP contribution in [0.15, 0.2) is 41.3 Å². The van der Waals surface area contributed by atoms with Crippen molar-refractivity contribution in [1.29, 1.82) is 0 Å². The molecule has 0 unspecified atom stereocenters. The van der Waals surface area contributed by atoms with Gasteiger partial charge in [0.2, 0.25) is 10.0 Å². The molecule has 0 aliphatic carbocycles. The first kappa shape index (κ1) is 19.3. The molecule has 140 valence electrons. The van der Waals surface area contributed by atoms with Crippen LogP contribution in [0.5, 0.6) is 5.75 Å². The molecule has 3 rings (SSSR count). The molecule has 5 nitrogen and oxygen atoms in total. The number of methoxy groups -OCH3 is 1. The van der Waals surface area contributed by atoms with Crippen molar-refractivity contribution in [2.45, 2.75) is 11.8 Å². The van der Waals surface area contributed by atoms with Crippen LogP contribution in [0.25, 0.3) is 0 Å². The maximum absolute atomic E-state index is 13.0. The molecule has 0 radical (unpaired) electrons. The van der Waals surface area contributed by atoms with Gasteiger partial charge in [0.1, 0.15) is 5.75 Å². The zero-order valence-electron chi connectivity index (χ0n) is 14.6. The zero-order valence-corrected chi connectivity index (χ0v) is 16.9. The number of rotatable bonds is 4. The van der Waals surface area contributed by atoms with Crippen molar-refractivity contribution in [3.05, 3.63) is 52.0 Å². The van der Waals surface area contributed by atoms with E-state index in [4.69, 9.17) is 27.9 Å². The Balaban J connectivity index is 1.75. The lowest BCUT2D eigenvalue weighted by Gasteiger charge is -2.35. The molecule has 0 bridgehead atoms. The van der Waals surface area contributed by atoms with Gasteiger partial charge in [-0.3, -0.25) is 0 Å². The topological polar surface area (TPSA) is 49.9 Å². The van der Waals surface area contributed by atoms with E-state index in [2.05, 4.69) is 4.90 Å². The summed E-state index contributed by atoms with van der Waals surface area (Å²) >= 11 is 12.0. The lowest BCUT2D eigenvalue weighted by atomic mass is 10.2. The molecule has 0 spiro atoms. The highest BCUT2D eigenvalue weighted by atomic mass is 35.5. The van der Waals surface area contributed by atoms with E-state index < -0.39 is 10.0 Å². The van der Waals surface area contributed by atoms with Gasteiger partial charge >= 0.3 is 0 Å². The Morgan fingerprint density at radius 1 is 0.962 bits per heavy atom. The summed E-state index contributed by atoms with van der Waals surface area (Å²) in [5, 5.41) is 0.597. The van der Waals surface area contributed by atoms with E-state index >= 15 is 0 Å². The Morgan fingerprint density at radius 3 is 2.12 bits per heavy atom. The minimum absolute atomic E-state index is 0.213. The van der Waals surface area contributed by atoms with Crippen LogP contribution in [0, 0.1) is 6.92 Å². The molecule has 1 heterocycles. The SMILES string of the molecule is COc1ccc(N2CCN(S(=O)(=O)c3cc(Cl)c(Cl)cc3C)CC2)cc1. The largest absolute Gasteiger partial charge is 0.497 e. The molecule has 26 heavy (non-hydrogen) atoms. The predicted octanol–water partition coefficient (Wildman–Crippen LogP) is 3.82. The molecule has 1 aliphatic rings. The van der Waals surface area contributed by atoms with Gasteiger partial charge in [-0.1, -0.05) is 23.2 Å². The van der Waals surface area contributed by atoms with Crippen LogP contribution >= 0.6 is 23.2 Å². The van der Waals surface area contributed by atoms with Crippen molar-refractivity contribution in [2.24, 2.45) is 0 Å². The molecule has 2 aromatic rings. The molecule has 0 atom stereocenters. The minimum Gasteiger partial charge on any atom is -0.497 e.